The molecule has 3 atom stereocenters. The van der Waals surface area contributed by atoms with Crippen molar-refractivity contribution < 1.29 is 9.59 Å². The number of benzene rings is 1. The maximum Gasteiger partial charge on any atom is 0.250 e. The first-order valence-electron chi connectivity index (χ1n) is 7.76. The fraction of sp³-hybridized carbons (Fsp3) is 0.529. The van der Waals surface area contributed by atoms with Gasteiger partial charge in [0.15, 0.2) is 0 Å². The second-order valence-electron chi connectivity index (χ2n) is 6.41. The topological polar surface area (TPSA) is 49.4 Å². The van der Waals surface area contributed by atoms with E-state index in [1.165, 1.54) is 19.3 Å². The largest absolute Gasteiger partial charge is 0.339 e. The summed E-state index contributed by atoms with van der Waals surface area (Å²) in [7, 11) is 0. The maximum atomic E-state index is 12.7. The van der Waals surface area contributed by atoms with Crippen LogP contribution in [0.1, 0.15) is 37.8 Å². The Balaban J connectivity index is 1.73. The van der Waals surface area contributed by atoms with Crippen molar-refractivity contribution in [2.45, 2.75) is 32.2 Å². The van der Waals surface area contributed by atoms with Crippen LogP contribution in [0.25, 0.3) is 0 Å². The van der Waals surface area contributed by atoms with Gasteiger partial charge in [-0.15, -0.1) is 0 Å². The molecule has 1 aliphatic carbocycles. The summed E-state index contributed by atoms with van der Waals surface area (Å²) in [5, 5.41) is 2.82. The first kappa shape index (κ1) is 14.1. The van der Waals surface area contributed by atoms with Crippen LogP contribution in [0.2, 0.25) is 0 Å². The van der Waals surface area contributed by atoms with Gasteiger partial charge in [0, 0.05) is 6.54 Å². The quantitative estimate of drug-likeness (QED) is 0.925. The minimum absolute atomic E-state index is 0.0281. The molecule has 1 heterocycles. The summed E-state index contributed by atoms with van der Waals surface area (Å²) < 4.78 is 0. The Morgan fingerprint density at radius 1 is 1.19 bits per heavy atom. The van der Waals surface area contributed by atoms with E-state index in [4.69, 9.17) is 0 Å². The van der Waals surface area contributed by atoms with Gasteiger partial charge in [0.25, 0.3) is 0 Å². The molecule has 2 aliphatic rings. The van der Waals surface area contributed by atoms with Gasteiger partial charge in [0.05, 0.1) is 6.54 Å². The van der Waals surface area contributed by atoms with Crippen molar-refractivity contribution in [2.75, 3.05) is 13.1 Å². The van der Waals surface area contributed by atoms with Gasteiger partial charge in [-0.3, -0.25) is 9.59 Å². The predicted molar refractivity (Wildman–Crippen MR) is 80.4 cm³/mol. The molecule has 1 N–H and O–H groups in total. The van der Waals surface area contributed by atoms with E-state index in [-0.39, 0.29) is 18.4 Å². The summed E-state index contributed by atoms with van der Waals surface area (Å²) in [4.78, 5) is 26.3. The highest BCUT2D eigenvalue weighted by molar-refractivity contribution is 5.95. The minimum Gasteiger partial charge on any atom is -0.339 e. The summed E-state index contributed by atoms with van der Waals surface area (Å²) in [5.74, 6) is 1.26. The molecule has 0 aromatic heterocycles. The molecular weight excluding hydrogens is 264 g/mol. The molecule has 3 unspecified atom stereocenters. The zero-order valence-corrected chi connectivity index (χ0v) is 12.4. The SMILES string of the molecule is CC1CCC(CN2CC(=O)NC(c3ccccc3)C2=O)C1. The van der Waals surface area contributed by atoms with E-state index in [0.717, 1.165) is 18.0 Å². The molecular formula is C17H22N2O2. The summed E-state index contributed by atoms with van der Waals surface area (Å²) >= 11 is 0. The molecule has 2 fully saturated rings. The molecule has 1 aromatic rings. The molecule has 4 nitrogen and oxygen atoms in total. The smallest absolute Gasteiger partial charge is 0.250 e. The number of carbonyl (C=O) groups excluding carboxylic acids is 2. The van der Waals surface area contributed by atoms with Crippen LogP contribution in [-0.2, 0) is 9.59 Å². The second-order valence-corrected chi connectivity index (χ2v) is 6.41. The Hall–Kier alpha value is -1.84. The molecule has 0 bridgehead atoms. The Kier molecular flexibility index (Phi) is 3.95. The Morgan fingerprint density at radius 2 is 1.95 bits per heavy atom. The van der Waals surface area contributed by atoms with Crippen LogP contribution >= 0.6 is 0 Å². The zero-order valence-electron chi connectivity index (χ0n) is 12.4. The lowest BCUT2D eigenvalue weighted by atomic mass is 10.0. The third kappa shape index (κ3) is 3.09. The molecule has 0 radical (unpaired) electrons. The van der Waals surface area contributed by atoms with Crippen molar-refractivity contribution >= 4 is 11.8 Å². The molecule has 4 heteroatoms. The number of amides is 2. The summed E-state index contributed by atoms with van der Waals surface area (Å²) in [6.07, 6.45) is 3.57. The van der Waals surface area contributed by atoms with Gasteiger partial charge < -0.3 is 10.2 Å². The summed E-state index contributed by atoms with van der Waals surface area (Å²) in [5.41, 5.74) is 0.861. The van der Waals surface area contributed by atoms with Gasteiger partial charge in [-0.05, 0) is 30.2 Å². The fourth-order valence-electron chi connectivity index (χ4n) is 3.53. The van der Waals surface area contributed by atoms with Crippen LogP contribution < -0.4 is 5.32 Å². The Labute approximate surface area is 125 Å². The van der Waals surface area contributed by atoms with Crippen molar-refractivity contribution in [3.8, 4) is 0 Å². The molecule has 112 valence electrons. The van der Waals surface area contributed by atoms with Crippen molar-refractivity contribution in [1.29, 1.82) is 0 Å². The molecule has 1 saturated carbocycles. The van der Waals surface area contributed by atoms with Crippen LogP contribution in [0.3, 0.4) is 0 Å². The van der Waals surface area contributed by atoms with E-state index in [1.807, 2.05) is 30.3 Å². The van der Waals surface area contributed by atoms with Gasteiger partial charge in [0.2, 0.25) is 11.8 Å². The van der Waals surface area contributed by atoms with Crippen molar-refractivity contribution in [1.82, 2.24) is 10.2 Å². The number of hydrogen-bond acceptors (Lipinski definition) is 2. The summed E-state index contributed by atoms with van der Waals surface area (Å²) in [6.45, 7) is 3.19. The average molecular weight is 286 g/mol. The average Bonchev–Trinajstić information content (AvgIpc) is 2.89. The minimum atomic E-state index is -0.522. The number of rotatable bonds is 3. The standard InChI is InChI=1S/C17H22N2O2/c1-12-7-8-13(9-12)10-19-11-15(20)18-16(17(19)21)14-5-3-2-4-6-14/h2-6,12-13,16H,7-11H2,1H3,(H,18,20). The first-order chi connectivity index (χ1) is 10.1. The fourth-order valence-corrected chi connectivity index (χ4v) is 3.53. The van der Waals surface area contributed by atoms with Gasteiger partial charge >= 0.3 is 0 Å². The van der Waals surface area contributed by atoms with Gasteiger partial charge in [-0.25, -0.2) is 0 Å². The highest BCUT2D eigenvalue weighted by Gasteiger charge is 2.35. The number of nitrogens with one attached hydrogen (secondary N) is 1. The van der Waals surface area contributed by atoms with E-state index in [2.05, 4.69) is 12.2 Å². The van der Waals surface area contributed by atoms with E-state index < -0.39 is 6.04 Å². The lowest BCUT2D eigenvalue weighted by Gasteiger charge is -2.34. The van der Waals surface area contributed by atoms with Crippen LogP contribution in [0.4, 0.5) is 0 Å². The Morgan fingerprint density at radius 3 is 2.62 bits per heavy atom. The number of piperazine rings is 1. The maximum absolute atomic E-state index is 12.7. The molecule has 1 aliphatic heterocycles. The molecule has 3 rings (SSSR count). The predicted octanol–water partition coefficient (Wildman–Crippen LogP) is 2.12. The van der Waals surface area contributed by atoms with E-state index in [9.17, 15) is 9.59 Å². The van der Waals surface area contributed by atoms with Crippen molar-refractivity contribution in [2.24, 2.45) is 11.8 Å². The summed E-state index contributed by atoms with van der Waals surface area (Å²) in [6, 6.07) is 8.97. The highest BCUT2D eigenvalue weighted by Crippen LogP contribution is 2.31. The van der Waals surface area contributed by atoms with Crippen LogP contribution in [0.5, 0.6) is 0 Å². The van der Waals surface area contributed by atoms with Crippen LogP contribution in [0, 0.1) is 11.8 Å². The molecule has 2 amide bonds. The molecule has 21 heavy (non-hydrogen) atoms. The second kappa shape index (κ2) is 5.88. The number of hydrogen-bond donors (Lipinski definition) is 1. The normalized spacial score (nSPS) is 29.6. The van der Waals surface area contributed by atoms with Crippen LogP contribution in [-0.4, -0.2) is 29.8 Å². The van der Waals surface area contributed by atoms with E-state index in [1.54, 1.807) is 4.90 Å². The van der Waals surface area contributed by atoms with Gasteiger partial charge in [-0.1, -0.05) is 43.7 Å². The Bertz CT molecular complexity index is 529. The van der Waals surface area contributed by atoms with Gasteiger partial charge in [0.1, 0.15) is 6.04 Å². The van der Waals surface area contributed by atoms with E-state index >= 15 is 0 Å². The van der Waals surface area contributed by atoms with Crippen molar-refractivity contribution in [3.05, 3.63) is 35.9 Å². The van der Waals surface area contributed by atoms with Gasteiger partial charge in [-0.2, -0.15) is 0 Å². The van der Waals surface area contributed by atoms with Crippen molar-refractivity contribution in [3.63, 3.8) is 0 Å². The monoisotopic (exact) mass is 286 g/mol. The highest BCUT2D eigenvalue weighted by atomic mass is 16.2. The molecule has 1 saturated heterocycles. The molecule has 1 aromatic carbocycles. The molecule has 0 spiro atoms. The number of carbonyl (C=O) groups is 2. The lowest BCUT2D eigenvalue weighted by Crippen LogP contribution is -2.54. The number of nitrogens with zero attached hydrogens (tertiary/aromatic N) is 1. The van der Waals surface area contributed by atoms with E-state index in [0.29, 0.717) is 5.92 Å². The third-order valence-corrected chi connectivity index (χ3v) is 4.61. The lowest BCUT2D eigenvalue weighted by molar-refractivity contribution is -0.145. The third-order valence-electron chi connectivity index (χ3n) is 4.61. The van der Waals surface area contributed by atoms with Crippen LogP contribution in [0.15, 0.2) is 30.3 Å². The first-order valence-corrected chi connectivity index (χ1v) is 7.76. The zero-order chi connectivity index (χ0) is 14.8.